The minimum absolute atomic E-state index is 0.0371. The number of cyclic esters (lactones) is 1. The molecule has 1 N–H and O–H groups in total. The van der Waals surface area contributed by atoms with Crippen molar-refractivity contribution >= 4 is 34.2 Å². The number of hydrogen-bond donors (Lipinski definition) is 1. The fourth-order valence-electron chi connectivity index (χ4n) is 6.56. The molecule has 5 atom stereocenters. The first kappa shape index (κ1) is 23.9. The average molecular weight is 503 g/mol. The maximum atomic E-state index is 14.3. The van der Waals surface area contributed by atoms with Crippen LogP contribution in [0.4, 0.5) is 5.69 Å². The average Bonchev–Trinajstić information content (AvgIpc) is 3.23. The molecule has 2 saturated heterocycles. The van der Waals surface area contributed by atoms with Gasteiger partial charge in [-0.2, -0.15) is 0 Å². The van der Waals surface area contributed by atoms with Gasteiger partial charge in [0.05, 0.1) is 24.7 Å². The zero-order valence-corrected chi connectivity index (χ0v) is 20.7. The van der Waals surface area contributed by atoms with E-state index in [1.807, 2.05) is 60.7 Å². The van der Waals surface area contributed by atoms with Crippen molar-refractivity contribution in [3.05, 3.63) is 66.8 Å². The number of likely N-dealkylation sites (tertiary alicyclic amines) is 1. The van der Waals surface area contributed by atoms with Crippen molar-refractivity contribution in [3.8, 4) is 0 Å². The van der Waals surface area contributed by atoms with Crippen molar-refractivity contribution in [3.63, 3.8) is 0 Å². The molecule has 2 fully saturated rings. The molecule has 0 saturated carbocycles. The summed E-state index contributed by atoms with van der Waals surface area (Å²) < 4.78 is 12.3. The van der Waals surface area contributed by atoms with Gasteiger partial charge in [0.2, 0.25) is 5.91 Å². The van der Waals surface area contributed by atoms with Gasteiger partial charge in [-0.25, -0.2) is 0 Å². The first-order chi connectivity index (χ1) is 17.9. The van der Waals surface area contributed by atoms with E-state index in [0.717, 1.165) is 17.2 Å². The number of carbonyl (C=O) groups is 3. The van der Waals surface area contributed by atoms with Gasteiger partial charge >= 0.3 is 5.97 Å². The maximum Gasteiger partial charge on any atom is 0.313 e. The lowest BCUT2D eigenvalue weighted by atomic mass is 9.74. The van der Waals surface area contributed by atoms with Crippen LogP contribution in [0.1, 0.15) is 19.8 Å². The van der Waals surface area contributed by atoms with Gasteiger partial charge in [0.1, 0.15) is 17.6 Å². The Morgan fingerprint density at radius 3 is 2.62 bits per heavy atom. The zero-order chi connectivity index (χ0) is 25.8. The third-order valence-corrected chi connectivity index (χ3v) is 8.14. The van der Waals surface area contributed by atoms with E-state index in [1.54, 1.807) is 17.9 Å². The highest BCUT2D eigenvalue weighted by Gasteiger charge is 2.74. The van der Waals surface area contributed by atoms with Crippen LogP contribution in [0.25, 0.3) is 10.8 Å². The highest BCUT2D eigenvalue weighted by Crippen LogP contribution is 2.57. The van der Waals surface area contributed by atoms with Gasteiger partial charge in [-0.05, 0) is 42.7 Å². The van der Waals surface area contributed by atoms with E-state index in [-0.39, 0.29) is 38.1 Å². The molecular weight excluding hydrogens is 472 g/mol. The van der Waals surface area contributed by atoms with Crippen LogP contribution in [0.2, 0.25) is 0 Å². The first-order valence-electron chi connectivity index (χ1n) is 12.8. The molecule has 2 amide bonds. The quantitative estimate of drug-likeness (QED) is 0.512. The number of hydrogen-bond acceptors (Lipinski definition) is 6. The monoisotopic (exact) mass is 502 g/mol. The molecule has 8 nitrogen and oxygen atoms in total. The van der Waals surface area contributed by atoms with E-state index in [4.69, 9.17) is 9.47 Å². The molecule has 0 radical (unpaired) electrons. The number of ether oxygens (including phenoxy) is 2. The van der Waals surface area contributed by atoms with Crippen LogP contribution in [0, 0.1) is 11.8 Å². The zero-order valence-electron chi connectivity index (χ0n) is 20.7. The Morgan fingerprint density at radius 1 is 1.00 bits per heavy atom. The fraction of sp³-hybridized carbons (Fsp3) is 0.414. The van der Waals surface area contributed by atoms with E-state index in [2.05, 4.69) is 0 Å². The Hall–Kier alpha value is -3.49. The summed E-state index contributed by atoms with van der Waals surface area (Å²) in [6, 6.07) is 12.7. The Morgan fingerprint density at radius 2 is 1.81 bits per heavy atom. The summed E-state index contributed by atoms with van der Waals surface area (Å²) in [7, 11) is 0. The minimum atomic E-state index is -1.36. The molecule has 2 aromatic rings. The number of β-amino-alcohol motifs (C(OH)–C–C–N with tert-alkyl or cyclic N) is 1. The first-order valence-corrected chi connectivity index (χ1v) is 12.8. The minimum Gasteiger partial charge on any atom is -0.465 e. The third kappa shape index (κ3) is 3.54. The Balaban J connectivity index is 1.47. The molecule has 2 aromatic carbocycles. The van der Waals surface area contributed by atoms with Crippen molar-refractivity contribution in [2.75, 3.05) is 31.2 Å². The van der Waals surface area contributed by atoms with E-state index >= 15 is 0 Å². The number of rotatable bonds is 3. The summed E-state index contributed by atoms with van der Waals surface area (Å²) in [5.41, 5.74) is -1.78. The molecule has 4 heterocycles. The van der Waals surface area contributed by atoms with Crippen LogP contribution >= 0.6 is 0 Å². The Kier molecular flexibility index (Phi) is 5.69. The molecule has 0 bridgehead atoms. The second kappa shape index (κ2) is 8.82. The second-order valence-electron chi connectivity index (χ2n) is 10.3. The van der Waals surface area contributed by atoms with Crippen molar-refractivity contribution in [1.29, 1.82) is 0 Å². The predicted molar refractivity (Wildman–Crippen MR) is 137 cm³/mol. The molecule has 4 aliphatic rings. The molecule has 37 heavy (non-hydrogen) atoms. The highest BCUT2D eigenvalue weighted by molar-refractivity contribution is 6.06. The number of esters is 1. The summed E-state index contributed by atoms with van der Waals surface area (Å²) in [6.07, 6.45) is 8.85. The molecule has 1 spiro atoms. The third-order valence-electron chi connectivity index (χ3n) is 8.14. The maximum absolute atomic E-state index is 14.3. The summed E-state index contributed by atoms with van der Waals surface area (Å²) >= 11 is 0. The molecule has 8 heteroatoms. The largest absolute Gasteiger partial charge is 0.465 e. The summed E-state index contributed by atoms with van der Waals surface area (Å²) in [5, 5.41) is 11.9. The lowest BCUT2D eigenvalue weighted by molar-refractivity contribution is -0.158. The van der Waals surface area contributed by atoms with Gasteiger partial charge in [0.15, 0.2) is 0 Å². The number of anilines is 1. The predicted octanol–water partition coefficient (Wildman–Crippen LogP) is 2.60. The van der Waals surface area contributed by atoms with Crippen molar-refractivity contribution in [2.45, 2.75) is 37.0 Å². The SMILES string of the molecule is C[C@]12/C=C\CCCOC(=O)[C@H]1[C@H]1C(=O)N(CCO)C3C(=O)N(c4ccc5ccccc5c4)CC=C[C@@]31O2. The van der Waals surface area contributed by atoms with Crippen molar-refractivity contribution in [2.24, 2.45) is 11.8 Å². The van der Waals surface area contributed by atoms with Crippen LogP contribution in [-0.4, -0.2) is 71.3 Å². The number of benzene rings is 2. The van der Waals surface area contributed by atoms with Gasteiger partial charge in [-0.1, -0.05) is 54.6 Å². The van der Waals surface area contributed by atoms with Crippen LogP contribution in [-0.2, 0) is 23.9 Å². The molecule has 0 aromatic heterocycles. The highest BCUT2D eigenvalue weighted by atomic mass is 16.6. The number of fused-ring (bicyclic) bond motifs is 3. The number of amides is 2. The smallest absolute Gasteiger partial charge is 0.313 e. The molecule has 6 rings (SSSR count). The van der Waals surface area contributed by atoms with E-state index in [0.29, 0.717) is 12.1 Å². The van der Waals surface area contributed by atoms with Gasteiger partial charge in [-0.3, -0.25) is 14.4 Å². The fourth-order valence-corrected chi connectivity index (χ4v) is 6.56. The second-order valence-corrected chi connectivity index (χ2v) is 10.3. The molecular formula is C29H30N2O6. The Bertz CT molecular complexity index is 1340. The van der Waals surface area contributed by atoms with Crippen LogP contribution in [0.15, 0.2) is 66.8 Å². The van der Waals surface area contributed by atoms with E-state index in [9.17, 15) is 19.5 Å². The number of nitrogens with zero attached hydrogens (tertiary/aromatic N) is 2. The van der Waals surface area contributed by atoms with Crippen molar-refractivity contribution in [1.82, 2.24) is 4.90 Å². The summed E-state index contributed by atoms with van der Waals surface area (Å²) in [4.78, 5) is 44.6. The van der Waals surface area contributed by atoms with Crippen LogP contribution < -0.4 is 4.90 Å². The standard InChI is InChI=1S/C29H30N2O6/c1-28-12-5-2-6-17-36-27(35)23(28)22-25(33)31(15-16-32)24-26(34)30(14-7-13-29(22,24)37-28)21-11-10-19-8-3-4-9-20(19)18-21/h3-5,7-13,18,22-24,32H,2,6,14-17H2,1H3/b12-5-/t22-,23+,24?,28-,29-/m0/s1. The molecule has 4 aliphatic heterocycles. The lowest BCUT2D eigenvalue weighted by Crippen LogP contribution is -2.56. The molecule has 1 unspecified atom stereocenters. The number of aliphatic hydroxyl groups is 1. The van der Waals surface area contributed by atoms with E-state index in [1.165, 1.54) is 4.90 Å². The number of allylic oxidation sites excluding steroid dienone is 1. The molecule has 192 valence electrons. The number of carbonyl (C=O) groups excluding carboxylic acids is 3. The lowest BCUT2D eigenvalue weighted by Gasteiger charge is -2.37. The van der Waals surface area contributed by atoms with Crippen LogP contribution in [0.5, 0.6) is 0 Å². The number of aliphatic hydroxyl groups excluding tert-OH is 1. The summed E-state index contributed by atoms with van der Waals surface area (Å²) in [5.74, 6) is -3.04. The van der Waals surface area contributed by atoms with Gasteiger partial charge in [-0.15, -0.1) is 0 Å². The topological polar surface area (TPSA) is 96.4 Å². The van der Waals surface area contributed by atoms with E-state index < -0.39 is 35.0 Å². The van der Waals surface area contributed by atoms with Gasteiger partial charge < -0.3 is 24.4 Å². The normalized spacial score (nSPS) is 34.2. The molecule has 0 aliphatic carbocycles. The van der Waals surface area contributed by atoms with Gasteiger partial charge in [0, 0.05) is 18.8 Å². The van der Waals surface area contributed by atoms with Crippen molar-refractivity contribution < 1.29 is 29.0 Å². The summed E-state index contributed by atoms with van der Waals surface area (Å²) in [6.45, 7) is 1.99. The van der Waals surface area contributed by atoms with Crippen LogP contribution in [0.3, 0.4) is 0 Å². The Labute approximate surface area is 215 Å². The van der Waals surface area contributed by atoms with Gasteiger partial charge in [0.25, 0.3) is 5.91 Å².